The van der Waals surface area contributed by atoms with Gasteiger partial charge in [-0.2, -0.15) is 0 Å². The monoisotopic (exact) mass is 291 g/mol. The molecule has 1 unspecified atom stereocenters. The van der Waals surface area contributed by atoms with Crippen LogP contribution < -0.4 is 5.32 Å². The lowest BCUT2D eigenvalue weighted by molar-refractivity contribution is -0.0849. The Kier molecular flexibility index (Phi) is 5.33. The molecule has 0 amide bonds. The second kappa shape index (κ2) is 6.84. The Bertz CT molecular complexity index is 454. The van der Waals surface area contributed by atoms with E-state index in [2.05, 4.69) is 33.0 Å². The van der Waals surface area contributed by atoms with Gasteiger partial charge in [0.25, 0.3) is 0 Å². The molecule has 1 heterocycles. The minimum absolute atomic E-state index is 0.224. The van der Waals surface area contributed by atoms with Gasteiger partial charge in [-0.1, -0.05) is 13.8 Å². The molecule has 4 heteroatoms. The fourth-order valence-corrected chi connectivity index (χ4v) is 3.26. The molecular weight excluding hydrogens is 262 g/mol. The highest BCUT2D eigenvalue weighted by Gasteiger charge is 2.42. The highest BCUT2D eigenvalue weighted by molar-refractivity contribution is 5.30. The van der Waals surface area contributed by atoms with Crippen LogP contribution in [0, 0.1) is 13.8 Å². The maximum Gasteiger partial charge on any atom is 0.160 e. The number of rotatable bonds is 7. The molecule has 4 nitrogen and oxygen atoms in total. The van der Waals surface area contributed by atoms with Gasteiger partial charge >= 0.3 is 0 Å². The van der Waals surface area contributed by atoms with Gasteiger partial charge in [-0.15, -0.1) is 0 Å². The van der Waals surface area contributed by atoms with E-state index in [1.54, 1.807) is 7.11 Å². The standard InChI is InChI=1S/C17H29N3O/c1-6-10-18-11-12(2)15-13(3)19-16(20-14(15)4)17(21-5)8-7-9-17/h12,18H,6-11H2,1-5H3. The van der Waals surface area contributed by atoms with Gasteiger partial charge in [-0.05, 0) is 57.6 Å². The Morgan fingerprint density at radius 2 is 1.86 bits per heavy atom. The van der Waals surface area contributed by atoms with Crippen LogP contribution >= 0.6 is 0 Å². The summed E-state index contributed by atoms with van der Waals surface area (Å²) in [5.74, 6) is 1.31. The highest BCUT2D eigenvalue weighted by Crippen LogP contribution is 2.43. The number of ether oxygens (including phenoxy) is 1. The van der Waals surface area contributed by atoms with Gasteiger partial charge in [0, 0.05) is 25.0 Å². The van der Waals surface area contributed by atoms with Crippen molar-refractivity contribution in [2.75, 3.05) is 20.2 Å². The molecule has 1 aliphatic carbocycles. The molecule has 1 N–H and O–H groups in total. The normalized spacial score (nSPS) is 18.3. The van der Waals surface area contributed by atoms with Crippen molar-refractivity contribution < 1.29 is 4.74 Å². The predicted molar refractivity (Wildman–Crippen MR) is 85.6 cm³/mol. The van der Waals surface area contributed by atoms with Crippen molar-refractivity contribution in [3.63, 3.8) is 0 Å². The van der Waals surface area contributed by atoms with Gasteiger partial charge in [0.1, 0.15) is 5.60 Å². The van der Waals surface area contributed by atoms with Crippen LogP contribution in [0.4, 0.5) is 0 Å². The third-order valence-corrected chi connectivity index (χ3v) is 4.66. The molecule has 0 bridgehead atoms. The summed E-state index contributed by atoms with van der Waals surface area (Å²) in [4.78, 5) is 9.57. The average molecular weight is 291 g/mol. The molecule has 1 saturated carbocycles. The summed E-state index contributed by atoms with van der Waals surface area (Å²) in [6, 6.07) is 0. The first-order valence-corrected chi connectivity index (χ1v) is 8.15. The smallest absolute Gasteiger partial charge is 0.160 e. The lowest BCUT2D eigenvalue weighted by Crippen LogP contribution is -2.38. The summed E-state index contributed by atoms with van der Waals surface area (Å²) in [6.45, 7) is 10.7. The number of methoxy groups -OCH3 is 1. The first-order valence-electron chi connectivity index (χ1n) is 8.15. The van der Waals surface area contributed by atoms with Crippen molar-refractivity contribution in [3.05, 3.63) is 22.8 Å². The Morgan fingerprint density at radius 3 is 2.29 bits per heavy atom. The molecule has 1 aliphatic rings. The maximum atomic E-state index is 5.71. The van der Waals surface area contributed by atoms with E-state index in [0.717, 1.165) is 49.6 Å². The fraction of sp³-hybridized carbons (Fsp3) is 0.765. The number of nitrogens with zero attached hydrogens (tertiary/aromatic N) is 2. The number of aromatic nitrogens is 2. The highest BCUT2D eigenvalue weighted by atomic mass is 16.5. The zero-order valence-corrected chi connectivity index (χ0v) is 14.1. The number of hydrogen-bond acceptors (Lipinski definition) is 4. The summed E-state index contributed by atoms with van der Waals surface area (Å²) < 4.78 is 5.71. The lowest BCUT2D eigenvalue weighted by Gasteiger charge is -2.39. The fourth-order valence-electron chi connectivity index (χ4n) is 3.26. The van der Waals surface area contributed by atoms with Crippen molar-refractivity contribution in [2.24, 2.45) is 0 Å². The largest absolute Gasteiger partial charge is 0.370 e. The first-order chi connectivity index (χ1) is 10.0. The van der Waals surface area contributed by atoms with Crippen LogP contribution in [0.5, 0.6) is 0 Å². The van der Waals surface area contributed by atoms with Crippen LogP contribution in [0.3, 0.4) is 0 Å². The van der Waals surface area contributed by atoms with Crippen LogP contribution in [-0.4, -0.2) is 30.2 Å². The molecule has 0 aromatic carbocycles. The van der Waals surface area contributed by atoms with Crippen LogP contribution in [-0.2, 0) is 10.3 Å². The predicted octanol–water partition coefficient (Wildman–Crippen LogP) is 3.22. The minimum Gasteiger partial charge on any atom is -0.370 e. The summed E-state index contributed by atoms with van der Waals surface area (Å²) in [7, 11) is 1.78. The van der Waals surface area contributed by atoms with Crippen molar-refractivity contribution >= 4 is 0 Å². The number of hydrogen-bond donors (Lipinski definition) is 1. The van der Waals surface area contributed by atoms with Crippen molar-refractivity contribution in [1.82, 2.24) is 15.3 Å². The maximum absolute atomic E-state index is 5.71. The van der Waals surface area contributed by atoms with E-state index in [1.807, 2.05) is 0 Å². The zero-order chi connectivity index (χ0) is 15.5. The van der Waals surface area contributed by atoms with Crippen molar-refractivity contribution in [3.8, 4) is 0 Å². The summed E-state index contributed by atoms with van der Waals surface area (Å²) in [5, 5.41) is 3.49. The van der Waals surface area contributed by atoms with E-state index in [1.165, 1.54) is 12.0 Å². The summed E-state index contributed by atoms with van der Waals surface area (Å²) >= 11 is 0. The Hall–Kier alpha value is -1.00. The van der Waals surface area contributed by atoms with E-state index in [-0.39, 0.29) is 5.60 Å². The molecule has 0 aliphatic heterocycles. The number of aryl methyl sites for hydroxylation is 2. The minimum atomic E-state index is -0.224. The molecule has 1 aromatic heterocycles. The average Bonchev–Trinajstić information content (AvgIpc) is 2.37. The van der Waals surface area contributed by atoms with Gasteiger partial charge in [-0.3, -0.25) is 0 Å². The second-order valence-corrected chi connectivity index (χ2v) is 6.29. The van der Waals surface area contributed by atoms with Gasteiger partial charge < -0.3 is 10.1 Å². The Balaban J connectivity index is 2.21. The Morgan fingerprint density at radius 1 is 1.24 bits per heavy atom. The molecule has 1 fully saturated rings. The van der Waals surface area contributed by atoms with Crippen molar-refractivity contribution in [1.29, 1.82) is 0 Å². The van der Waals surface area contributed by atoms with Gasteiger partial charge in [0.2, 0.25) is 0 Å². The molecule has 0 saturated heterocycles. The van der Waals surface area contributed by atoms with E-state index in [4.69, 9.17) is 14.7 Å². The third kappa shape index (κ3) is 3.27. The third-order valence-electron chi connectivity index (χ3n) is 4.66. The van der Waals surface area contributed by atoms with E-state index in [9.17, 15) is 0 Å². The van der Waals surface area contributed by atoms with Crippen molar-refractivity contribution in [2.45, 2.75) is 64.9 Å². The van der Waals surface area contributed by atoms with Crippen LogP contribution in [0.2, 0.25) is 0 Å². The van der Waals surface area contributed by atoms with Gasteiger partial charge in [0.05, 0.1) is 0 Å². The summed E-state index contributed by atoms with van der Waals surface area (Å²) in [5.41, 5.74) is 3.27. The van der Waals surface area contributed by atoms with E-state index < -0.39 is 0 Å². The van der Waals surface area contributed by atoms with Crippen LogP contribution in [0.15, 0.2) is 0 Å². The lowest BCUT2D eigenvalue weighted by atomic mass is 9.79. The first kappa shape index (κ1) is 16.4. The molecule has 0 spiro atoms. The van der Waals surface area contributed by atoms with E-state index >= 15 is 0 Å². The topological polar surface area (TPSA) is 47.0 Å². The molecular formula is C17H29N3O. The molecule has 2 rings (SSSR count). The van der Waals surface area contributed by atoms with Crippen LogP contribution in [0.1, 0.15) is 68.2 Å². The molecule has 1 atom stereocenters. The molecule has 0 radical (unpaired) electrons. The zero-order valence-electron chi connectivity index (χ0n) is 14.1. The second-order valence-electron chi connectivity index (χ2n) is 6.29. The van der Waals surface area contributed by atoms with Gasteiger partial charge in [0.15, 0.2) is 5.82 Å². The molecule has 1 aromatic rings. The SMILES string of the molecule is CCCNCC(C)c1c(C)nc(C2(OC)CCC2)nc1C. The van der Waals surface area contributed by atoms with Crippen LogP contribution in [0.25, 0.3) is 0 Å². The summed E-state index contributed by atoms with van der Waals surface area (Å²) in [6.07, 6.45) is 4.44. The quantitative estimate of drug-likeness (QED) is 0.784. The van der Waals surface area contributed by atoms with Gasteiger partial charge in [-0.25, -0.2) is 9.97 Å². The molecule has 21 heavy (non-hydrogen) atoms. The molecule has 118 valence electrons. The Labute approximate surface area is 128 Å². The van der Waals surface area contributed by atoms with E-state index in [0.29, 0.717) is 5.92 Å². The number of nitrogens with one attached hydrogen (secondary N) is 1.